The number of carbonyl (C=O) groups is 1. The van der Waals surface area contributed by atoms with Crippen molar-refractivity contribution >= 4 is 40.7 Å². The van der Waals surface area contributed by atoms with Gasteiger partial charge in [-0.15, -0.1) is 0 Å². The predicted molar refractivity (Wildman–Crippen MR) is 112 cm³/mol. The minimum atomic E-state index is -0.194. The van der Waals surface area contributed by atoms with Gasteiger partial charge in [-0.25, -0.2) is 14.8 Å². The van der Waals surface area contributed by atoms with Crippen LogP contribution in [-0.2, 0) is 13.0 Å². The topological polar surface area (TPSA) is 61.4 Å². The smallest absolute Gasteiger partial charge is 0.322 e. The molecule has 6 nitrogen and oxygen atoms in total. The Labute approximate surface area is 174 Å². The summed E-state index contributed by atoms with van der Waals surface area (Å²) < 4.78 is 0. The molecular formula is C20H23Cl2N5O. The van der Waals surface area contributed by atoms with E-state index in [1.165, 1.54) is 19.3 Å². The van der Waals surface area contributed by atoms with Gasteiger partial charge in [0, 0.05) is 31.6 Å². The van der Waals surface area contributed by atoms with Crippen molar-refractivity contribution < 1.29 is 4.79 Å². The second-order valence-corrected chi connectivity index (χ2v) is 8.06. The van der Waals surface area contributed by atoms with Gasteiger partial charge in [0.05, 0.1) is 28.0 Å². The van der Waals surface area contributed by atoms with Crippen LogP contribution in [0.4, 0.5) is 16.3 Å². The molecular weight excluding hydrogens is 397 g/mol. The van der Waals surface area contributed by atoms with Crippen molar-refractivity contribution in [2.75, 3.05) is 29.9 Å². The van der Waals surface area contributed by atoms with Gasteiger partial charge in [-0.3, -0.25) is 0 Å². The van der Waals surface area contributed by atoms with E-state index in [4.69, 9.17) is 28.2 Å². The van der Waals surface area contributed by atoms with Crippen LogP contribution in [0.3, 0.4) is 0 Å². The molecule has 0 radical (unpaired) electrons. The van der Waals surface area contributed by atoms with Crippen LogP contribution in [-0.4, -0.2) is 40.5 Å². The van der Waals surface area contributed by atoms with Gasteiger partial charge < -0.3 is 15.1 Å². The molecule has 4 rings (SSSR count). The van der Waals surface area contributed by atoms with Gasteiger partial charge in [-0.1, -0.05) is 29.3 Å². The number of hydrogen-bond acceptors (Lipinski definition) is 4. The SMILES string of the molecule is Cc1nc2c(c(N3CCCCC3)n1)CN(C(=O)Nc1cccc(Cl)c1Cl)CC2. The summed E-state index contributed by atoms with van der Waals surface area (Å²) in [6.45, 7) is 5.05. The standard InChI is InChI=1S/C20H23Cl2N5O/c1-13-23-16-8-11-27(20(28)25-17-7-5-6-15(21)18(17)22)12-14(16)19(24-13)26-9-3-2-4-10-26/h5-7H,2-4,8-12H2,1H3,(H,25,28). The molecule has 28 heavy (non-hydrogen) atoms. The molecule has 0 atom stereocenters. The Morgan fingerprint density at radius 2 is 1.89 bits per heavy atom. The third kappa shape index (κ3) is 3.89. The fraction of sp³-hybridized carbons (Fsp3) is 0.450. The summed E-state index contributed by atoms with van der Waals surface area (Å²) in [5, 5.41) is 3.64. The molecule has 2 aliphatic heterocycles. The number of amides is 2. The zero-order valence-corrected chi connectivity index (χ0v) is 17.4. The van der Waals surface area contributed by atoms with Gasteiger partial charge >= 0.3 is 6.03 Å². The van der Waals surface area contributed by atoms with Gasteiger partial charge in [0.1, 0.15) is 11.6 Å². The van der Waals surface area contributed by atoms with Gasteiger partial charge in [-0.05, 0) is 38.3 Å². The summed E-state index contributed by atoms with van der Waals surface area (Å²) in [4.78, 5) is 26.3. The molecule has 8 heteroatoms. The third-order valence-corrected chi connectivity index (χ3v) is 6.11. The van der Waals surface area contributed by atoms with E-state index in [1.54, 1.807) is 23.1 Å². The van der Waals surface area contributed by atoms with Crippen molar-refractivity contribution in [2.45, 2.75) is 39.2 Å². The third-order valence-electron chi connectivity index (χ3n) is 5.29. The number of halogens is 2. The van der Waals surface area contributed by atoms with Gasteiger partial charge in [-0.2, -0.15) is 0 Å². The van der Waals surface area contributed by atoms with Crippen LogP contribution in [0.25, 0.3) is 0 Å². The second-order valence-electron chi connectivity index (χ2n) is 7.27. The average molecular weight is 420 g/mol. The second kappa shape index (κ2) is 8.13. The first-order valence-electron chi connectivity index (χ1n) is 9.64. The van der Waals surface area contributed by atoms with E-state index in [0.717, 1.165) is 42.4 Å². The van der Waals surface area contributed by atoms with E-state index < -0.39 is 0 Å². The molecule has 0 spiro atoms. The number of piperidine rings is 1. The fourth-order valence-corrected chi connectivity index (χ4v) is 4.20. The Morgan fingerprint density at radius 3 is 2.68 bits per heavy atom. The van der Waals surface area contributed by atoms with Gasteiger partial charge in [0.25, 0.3) is 0 Å². The number of fused-ring (bicyclic) bond motifs is 1. The van der Waals surface area contributed by atoms with E-state index in [0.29, 0.717) is 28.8 Å². The fourth-order valence-electron chi connectivity index (χ4n) is 3.85. The molecule has 0 unspecified atom stereocenters. The van der Waals surface area contributed by atoms with Crippen molar-refractivity contribution in [3.05, 3.63) is 45.3 Å². The van der Waals surface area contributed by atoms with E-state index in [1.807, 2.05) is 6.92 Å². The molecule has 2 amide bonds. The lowest BCUT2D eigenvalue weighted by Gasteiger charge is -2.34. The zero-order valence-electron chi connectivity index (χ0n) is 15.8. The highest BCUT2D eigenvalue weighted by Crippen LogP contribution is 2.31. The summed E-state index contributed by atoms with van der Waals surface area (Å²) >= 11 is 12.3. The Balaban J connectivity index is 1.56. The van der Waals surface area contributed by atoms with Crippen LogP contribution in [0.1, 0.15) is 36.3 Å². The Bertz CT molecular complexity index is 898. The number of nitrogens with one attached hydrogen (secondary N) is 1. The largest absolute Gasteiger partial charge is 0.356 e. The van der Waals surface area contributed by atoms with E-state index in [9.17, 15) is 4.79 Å². The molecule has 1 saturated heterocycles. The van der Waals surface area contributed by atoms with Crippen LogP contribution < -0.4 is 10.2 Å². The maximum absolute atomic E-state index is 12.9. The lowest BCUT2D eigenvalue weighted by Crippen LogP contribution is -2.41. The zero-order chi connectivity index (χ0) is 19.7. The summed E-state index contributed by atoms with van der Waals surface area (Å²) in [5.41, 5.74) is 2.63. The molecule has 0 aliphatic carbocycles. The number of hydrogen-bond donors (Lipinski definition) is 1. The lowest BCUT2D eigenvalue weighted by atomic mass is 10.0. The molecule has 0 bridgehead atoms. The quantitative estimate of drug-likeness (QED) is 0.767. The maximum atomic E-state index is 12.9. The molecule has 3 heterocycles. The van der Waals surface area contributed by atoms with Crippen LogP contribution in [0, 0.1) is 6.92 Å². The number of rotatable bonds is 2. The Kier molecular flexibility index (Phi) is 5.60. The molecule has 2 aliphatic rings. The molecule has 1 N–H and O–H groups in total. The van der Waals surface area contributed by atoms with Crippen molar-refractivity contribution in [3.8, 4) is 0 Å². The molecule has 2 aromatic rings. The van der Waals surface area contributed by atoms with Crippen molar-refractivity contribution in [2.24, 2.45) is 0 Å². The lowest BCUT2D eigenvalue weighted by molar-refractivity contribution is 0.206. The van der Waals surface area contributed by atoms with Gasteiger partial charge in [0.15, 0.2) is 0 Å². The van der Waals surface area contributed by atoms with Crippen molar-refractivity contribution in [1.82, 2.24) is 14.9 Å². The van der Waals surface area contributed by atoms with Crippen molar-refractivity contribution in [3.63, 3.8) is 0 Å². The first-order valence-corrected chi connectivity index (χ1v) is 10.4. The highest BCUT2D eigenvalue weighted by molar-refractivity contribution is 6.43. The molecule has 148 valence electrons. The molecule has 1 fully saturated rings. The van der Waals surface area contributed by atoms with E-state index in [-0.39, 0.29) is 6.03 Å². The first kappa shape index (κ1) is 19.3. The summed E-state index contributed by atoms with van der Waals surface area (Å²) in [7, 11) is 0. The number of nitrogens with zero attached hydrogens (tertiary/aromatic N) is 4. The number of anilines is 2. The van der Waals surface area contributed by atoms with Crippen LogP contribution in [0.5, 0.6) is 0 Å². The highest BCUT2D eigenvalue weighted by atomic mass is 35.5. The predicted octanol–water partition coefficient (Wildman–Crippen LogP) is 4.67. The van der Waals surface area contributed by atoms with Crippen molar-refractivity contribution in [1.29, 1.82) is 0 Å². The minimum Gasteiger partial charge on any atom is -0.356 e. The van der Waals surface area contributed by atoms with Crippen LogP contribution in [0.15, 0.2) is 18.2 Å². The summed E-state index contributed by atoms with van der Waals surface area (Å²) in [5.74, 6) is 1.78. The molecule has 1 aromatic heterocycles. The van der Waals surface area contributed by atoms with Gasteiger partial charge in [0.2, 0.25) is 0 Å². The van der Waals surface area contributed by atoms with E-state index >= 15 is 0 Å². The number of aryl methyl sites for hydroxylation is 1. The Hall–Kier alpha value is -2.05. The van der Waals surface area contributed by atoms with Crippen LogP contribution >= 0.6 is 23.2 Å². The number of benzene rings is 1. The average Bonchev–Trinajstić information content (AvgIpc) is 2.71. The molecule has 1 aromatic carbocycles. The van der Waals surface area contributed by atoms with E-state index in [2.05, 4.69) is 15.2 Å². The minimum absolute atomic E-state index is 0.194. The monoisotopic (exact) mass is 419 g/mol. The van der Waals surface area contributed by atoms with Crippen LogP contribution in [0.2, 0.25) is 10.0 Å². The highest BCUT2D eigenvalue weighted by Gasteiger charge is 2.28. The Morgan fingerprint density at radius 1 is 1.11 bits per heavy atom. The number of urea groups is 1. The number of aromatic nitrogens is 2. The summed E-state index contributed by atoms with van der Waals surface area (Å²) in [6.07, 6.45) is 4.33. The first-order chi connectivity index (χ1) is 13.5. The normalized spacial score (nSPS) is 16.7. The maximum Gasteiger partial charge on any atom is 0.322 e. The summed E-state index contributed by atoms with van der Waals surface area (Å²) in [6, 6.07) is 5.01. The number of carbonyl (C=O) groups excluding carboxylic acids is 1. The molecule has 0 saturated carbocycles.